The maximum Gasteiger partial charge on any atom is 0.265 e. The number of aryl methyl sites for hydroxylation is 1. The molecular weight excluding hydrogens is 362 g/mol. The van der Waals surface area contributed by atoms with Gasteiger partial charge in [-0.25, -0.2) is 4.98 Å². The summed E-state index contributed by atoms with van der Waals surface area (Å²) in [6, 6.07) is 6.35. The molecule has 0 spiro atoms. The van der Waals surface area contributed by atoms with Crippen molar-refractivity contribution in [1.82, 2.24) is 14.8 Å². The van der Waals surface area contributed by atoms with E-state index in [0.717, 1.165) is 58.8 Å². The number of aromatic nitrogens is 1. The Morgan fingerprint density at radius 2 is 1.81 bits per heavy atom. The fourth-order valence-electron chi connectivity index (χ4n) is 3.48. The Labute approximate surface area is 163 Å². The lowest BCUT2D eigenvalue weighted by Gasteiger charge is -2.36. The highest BCUT2D eigenvalue weighted by molar-refractivity contribution is 7.17. The third kappa shape index (κ3) is 3.66. The fourth-order valence-corrected chi connectivity index (χ4v) is 4.51. The van der Waals surface area contributed by atoms with Crippen LogP contribution >= 0.6 is 11.3 Å². The van der Waals surface area contributed by atoms with Gasteiger partial charge < -0.3 is 14.4 Å². The summed E-state index contributed by atoms with van der Waals surface area (Å²) in [6.45, 7) is 10.8. The van der Waals surface area contributed by atoms with Gasteiger partial charge in [-0.1, -0.05) is 0 Å². The van der Waals surface area contributed by atoms with Crippen LogP contribution < -0.4 is 9.47 Å². The van der Waals surface area contributed by atoms with Crippen LogP contribution in [0.25, 0.3) is 10.6 Å². The van der Waals surface area contributed by atoms with Crippen LogP contribution in [0.3, 0.4) is 0 Å². The Balaban J connectivity index is 1.52. The maximum absolute atomic E-state index is 13.0. The topological polar surface area (TPSA) is 54.9 Å². The van der Waals surface area contributed by atoms with E-state index in [-0.39, 0.29) is 5.91 Å². The van der Waals surface area contributed by atoms with Crippen LogP contribution in [-0.2, 0) is 0 Å². The first-order valence-corrected chi connectivity index (χ1v) is 10.3. The first kappa shape index (κ1) is 18.3. The van der Waals surface area contributed by atoms with Crippen molar-refractivity contribution in [3.63, 3.8) is 0 Å². The zero-order chi connectivity index (χ0) is 19.0. The second-order valence-corrected chi connectivity index (χ2v) is 8.21. The molecule has 3 heterocycles. The van der Waals surface area contributed by atoms with Gasteiger partial charge in [0.2, 0.25) is 0 Å². The summed E-state index contributed by atoms with van der Waals surface area (Å²) in [5.41, 5.74) is 1.75. The van der Waals surface area contributed by atoms with Gasteiger partial charge >= 0.3 is 0 Å². The van der Waals surface area contributed by atoms with Gasteiger partial charge in [-0.2, -0.15) is 0 Å². The van der Waals surface area contributed by atoms with Gasteiger partial charge in [-0.05, 0) is 39.0 Å². The molecule has 2 aliphatic rings. The van der Waals surface area contributed by atoms with Crippen molar-refractivity contribution in [2.45, 2.75) is 26.8 Å². The Hall–Kier alpha value is -2.12. The van der Waals surface area contributed by atoms with Gasteiger partial charge in [-0.3, -0.25) is 9.69 Å². The molecule has 0 atom stereocenters. The molecule has 6 nitrogen and oxygen atoms in total. The largest absolute Gasteiger partial charge is 0.486 e. The SMILES string of the molecule is Cc1nc(-c2ccc3c(c2)OCCO3)sc1C(=O)N1CCN(C(C)C)CC1. The van der Waals surface area contributed by atoms with E-state index in [2.05, 4.69) is 23.7 Å². The van der Waals surface area contributed by atoms with Gasteiger partial charge in [0, 0.05) is 37.8 Å². The first-order valence-electron chi connectivity index (χ1n) is 9.43. The zero-order valence-corrected chi connectivity index (χ0v) is 16.8. The van der Waals surface area contributed by atoms with Crippen molar-refractivity contribution in [2.75, 3.05) is 39.4 Å². The minimum Gasteiger partial charge on any atom is -0.486 e. The molecular formula is C20H25N3O3S. The summed E-state index contributed by atoms with van der Waals surface area (Å²) in [4.78, 5) is 22.8. The van der Waals surface area contributed by atoms with E-state index < -0.39 is 0 Å². The van der Waals surface area contributed by atoms with Crippen LogP contribution in [0.4, 0.5) is 0 Å². The number of carbonyl (C=O) groups excluding carboxylic acids is 1. The van der Waals surface area contributed by atoms with E-state index in [9.17, 15) is 4.79 Å². The average Bonchev–Trinajstić information content (AvgIpc) is 3.08. The van der Waals surface area contributed by atoms with Crippen molar-refractivity contribution in [2.24, 2.45) is 0 Å². The first-order chi connectivity index (χ1) is 13.0. The summed E-state index contributed by atoms with van der Waals surface area (Å²) in [6.07, 6.45) is 0. The van der Waals surface area contributed by atoms with E-state index in [1.807, 2.05) is 30.0 Å². The standard InChI is InChI=1S/C20H25N3O3S/c1-13(2)22-6-8-23(9-7-22)20(24)18-14(3)21-19(27-18)15-4-5-16-17(12-15)26-11-10-25-16/h4-5,12-13H,6-11H2,1-3H3. The van der Waals surface area contributed by atoms with E-state index in [0.29, 0.717) is 19.3 Å². The summed E-state index contributed by atoms with van der Waals surface area (Å²) < 4.78 is 11.2. The number of carbonyl (C=O) groups is 1. The quantitative estimate of drug-likeness (QED) is 0.810. The van der Waals surface area contributed by atoms with E-state index in [4.69, 9.17) is 9.47 Å². The number of piperazine rings is 1. The Morgan fingerprint density at radius 1 is 1.11 bits per heavy atom. The molecule has 4 rings (SSSR count). The molecule has 0 aliphatic carbocycles. The summed E-state index contributed by atoms with van der Waals surface area (Å²) in [7, 11) is 0. The van der Waals surface area contributed by atoms with E-state index >= 15 is 0 Å². The average molecular weight is 388 g/mol. The van der Waals surface area contributed by atoms with Gasteiger partial charge in [0.1, 0.15) is 23.1 Å². The molecule has 2 aromatic rings. The number of hydrogen-bond acceptors (Lipinski definition) is 6. The molecule has 2 aliphatic heterocycles. The molecule has 0 saturated carbocycles. The lowest BCUT2D eigenvalue weighted by atomic mass is 10.2. The van der Waals surface area contributed by atoms with Crippen LogP contribution in [0.1, 0.15) is 29.2 Å². The number of hydrogen-bond donors (Lipinski definition) is 0. The number of thiazole rings is 1. The van der Waals surface area contributed by atoms with Crippen molar-refractivity contribution < 1.29 is 14.3 Å². The van der Waals surface area contributed by atoms with Gasteiger partial charge in [0.05, 0.1) is 5.69 Å². The van der Waals surface area contributed by atoms with Crippen LogP contribution in [0.15, 0.2) is 18.2 Å². The van der Waals surface area contributed by atoms with Gasteiger partial charge in [0.25, 0.3) is 5.91 Å². The van der Waals surface area contributed by atoms with E-state index in [1.54, 1.807) is 0 Å². The van der Waals surface area contributed by atoms with E-state index in [1.165, 1.54) is 11.3 Å². The number of rotatable bonds is 3. The molecule has 1 aromatic carbocycles. The molecule has 1 amide bonds. The highest BCUT2D eigenvalue weighted by Crippen LogP contribution is 2.36. The minimum atomic E-state index is 0.0946. The smallest absolute Gasteiger partial charge is 0.265 e. The fraction of sp³-hybridized carbons (Fsp3) is 0.500. The number of fused-ring (bicyclic) bond motifs is 1. The number of nitrogens with zero attached hydrogens (tertiary/aromatic N) is 3. The molecule has 1 aromatic heterocycles. The van der Waals surface area contributed by atoms with Crippen molar-refractivity contribution in [1.29, 1.82) is 0 Å². The molecule has 144 valence electrons. The summed E-state index contributed by atoms with van der Waals surface area (Å²) in [5, 5.41) is 0.841. The van der Waals surface area contributed by atoms with Crippen LogP contribution in [0, 0.1) is 6.92 Å². The predicted octanol–water partition coefficient (Wildman–Crippen LogP) is 3.06. The van der Waals surface area contributed by atoms with Crippen molar-refractivity contribution in [3.05, 3.63) is 28.8 Å². The zero-order valence-electron chi connectivity index (χ0n) is 16.0. The second kappa shape index (κ2) is 7.48. The minimum absolute atomic E-state index is 0.0946. The number of benzene rings is 1. The van der Waals surface area contributed by atoms with Crippen molar-refractivity contribution >= 4 is 17.2 Å². The lowest BCUT2D eigenvalue weighted by molar-refractivity contribution is 0.0599. The molecule has 1 saturated heterocycles. The highest BCUT2D eigenvalue weighted by Gasteiger charge is 2.26. The van der Waals surface area contributed by atoms with Crippen LogP contribution in [-0.4, -0.2) is 66.1 Å². The lowest BCUT2D eigenvalue weighted by Crippen LogP contribution is -2.50. The Bertz CT molecular complexity index is 841. The highest BCUT2D eigenvalue weighted by atomic mass is 32.1. The normalized spacial score (nSPS) is 17.4. The number of amides is 1. The van der Waals surface area contributed by atoms with Gasteiger partial charge in [0.15, 0.2) is 11.5 Å². The Kier molecular flexibility index (Phi) is 5.06. The molecule has 27 heavy (non-hydrogen) atoms. The molecule has 0 bridgehead atoms. The summed E-state index contributed by atoms with van der Waals surface area (Å²) in [5.74, 6) is 1.60. The summed E-state index contributed by atoms with van der Waals surface area (Å²) >= 11 is 1.46. The third-order valence-electron chi connectivity index (χ3n) is 5.11. The van der Waals surface area contributed by atoms with Gasteiger partial charge in [-0.15, -0.1) is 11.3 Å². The van der Waals surface area contributed by atoms with Crippen LogP contribution in [0.5, 0.6) is 11.5 Å². The molecule has 0 radical (unpaired) electrons. The number of ether oxygens (including phenoxy) is 2. The second-order valence-electron chi connectivity index (χ2n) is 7.21. The molecule has 1 fully saturated rings. The predicted molar refractivity (Wildman–Crippen MR) is 106 cm³/mol. The molecule has 0 unspecified atom stereocenters. The Morgan fingerprint density at radius 3 is 2.52 bits per heavy atom. The molecule has 7 heteroatoms. The van der Waals surface area contributed by atoms with Crippen molar-refractivity contribution in [3.8, 4) is 22.1 Å². The third-order valence-corrected chi connectivity index (χ3v) is 6.31. The monoisotopic (exact) mass is 387 g/mol. The molecule has 0 N–H and O–H groups in total. The maximum atomic E-state index is 13.0. The van der Waals surface area contributed by atoms with Crippen LogP contribution in [0.2, 0.25) is 0 Å².